The van der Waals surface area contributed by atoms with E-state index in [1.807, 2.05) is 54.6 Å². The minimum Gasteiger partial charge on any atom is -0.494 e. The number of amides is 1. The van der Waals surface area contributed by atoms with Gasteiger partial charge in [0.15, 0.2) is 11.6 Å². The number of aliphatic hydroxyl groups excluding tert-OH is 1. The molecule has 0 radical (unpaired) electrons. The lowest BCUT2D eigenvalue weighted by Gasteiger charge is -2.31. The molecule has 4 aromatic carbocycles. The summed E-state index contributed by atoms with van der Waals surface area (Å²) in [5, 5.41) is 11.8. The van der Waals surface area contributed by atoms with Gasteiger partial charge >= 0.3 is 0 Å². The van der Waals surface area contributed by atoms with Gasteiger partial charge in [-0.25, -0.2) is 13.8 Å². The Labute approximate surface area is 251 Å². The molecular formula is C33H29BrF2N2O4. The van der Waals surface area contributed by atoms with E-state index in [9.17, 15) is 13.6 Å². The van der Waals surface area contributed by atoms with Gasteiger partial charge in [0.1, 0.15) is 17.4 Å². The van der Waals surface area contributed by atoms with E-state index in [-0.39, 0.29) is 31.0 Å². The minimum absolute atomic E-state index is 0.0237. The standard InChI is InChI=1S/C33H29BrF2N2O4/c34-28-10-5-4-9-24(28)20-33(32(40)37-21-25-19-26(35)13-16-29(25)36)30(22-7-2-1-3-8-22)42-31(38-33)23-11-14-27(15-12-23)41-18-6-17-39/h1-5,7-16,19,30,39H,6,17-18,20-21H2,(H,37,40)/t30-,33-/m1/s1. The van der Waals surface area contributed by atoms with Crippen molar-refractivity contribution in [3.63, 3.8) is 0 Å². The Morgan fingerprint density at radius 2 is 1.71 bits per heavy atom. The average Bonchev–Trinajstić information content (AvgIpc) is 3.40. The second-order valence-corrected chi connectivity index (χ2v) is 10.7. The third-order valence-electron chi connectivity index (χ3n) is 7.00. The Hall–Kier alpha value is -4.08. The van der Waals surface area contributed by atoms with E-state index in [1.54, 1.807) is 24.3 Å². The molecule has 216 valence electrons. The molecule has 0 unspecified atom stereocenters. The molecule has 1 aliphatic rings. The highest BCUT2D eigenvalue weighted by molar-refractivity contribution is 9.10. The van der Waals surface area contributed by atoms with Gasteiger partial charge in [0.05, 0.1) is 6.61 Å². The molecule has 0 bridgehead atoms. The van der Waals surface area contributed by atoms with Crippen LogP contribution in [0.4, 0.5) is 8.78 Å². The van der Waals surface area contributed by atoms with Gasteiger partial charge in [-0.1, -0.05) is 64.5 Å². The number of aliphatic imine (C=N–C) groups is 1. The average molecular weight is 636 g/mol. The summed E-state index contributed by atoms with van der Waals surface area (Å²) in [6.07, 6.45) is -0.140. The van der Waals surface area contributed by atoms with Crippen molar-refractivity contribution < 1.29 is 28.2 Å². The molecule has 1 heterocycles. The maximum Gasteiger partial charge on any atom is 0.252 e. The first-order valence-electron chi connectivity index (χ1n) is 13.5. The highest BCUT2D eigenvalue weighted by atomic mass is 79.9. The molecule has 2 N–H and O–H groups in total. The molecule has 0 aliphatic carbocycles. The second kappa shape index (κ2) is 13.3. The largest absolute Gasteiger partial charge is 0.494 e. The van der Waals surface area contributed by atoms with E-state index in [1.165, 1.54) is 0 Å². The number of nitrogens with one attached hydrogen (secondary N) is 1. The van der Waals surface area contributed by atoms with Crippen LogP contribution >= 0.6 is 15.9 Å². The van der Waals surface area contributed by atoms with E-state index in [2.05, 4.69) is 21.2 Å². The molecule has 0 saturated heterocycles. The predicted octanol–water partition coefficient (Wildman–Crippen LogP) is 6.30. The van der Waals surface area contributed by atoms with Crippen molar-refractivity contribution in [3.05, 3.63) is 135 Å². The van der Waals surface area contributed by atoms with Crippen LogP contribution in [-0.4, -0.2) is 35.7 Å². The second-order valence-electron chi connectivity index (χ2n) is 9.89. The van der Waals surface area contributed by atoms with Crippen molar-refractivity contribution in [2.45, 2.75) is 31.0 Å². The molecule has 0 fully saturated rings. The Morgan fingerprint density at radius 1 is 0.976 bits per heavy atom. The molecule has 0 saturated carbocycles. The maximum atomic E-state index is 14.4. The number of carbonyl (C=O) groups excluding carboxylic acids is 1. The van der Waals surface area contributed by atoms with Gasteiger partial charge in [-0.15, -0.1) is 0 Å². The molecule has 2 atom stereocenters. The van der Waals surface area contributed by atoms with Crippen LogP contribution in [0.25, 0.3) is 0 Å². The smallest absolute Gasteiger partial charge is 0.252 e. The molecular weight excluding hydrogens is 606 g/mol. The van der Waals surface area contributed by atoms with E-state index in [0.717, 1.165) is 33.8 Å². The van der Waals surface area contributed by atoms with Crippen LogP contribution < -0.4 is 10.1 Å². The van der Waals surface area contributed by atoms with Crippen molar-refractivity contribution >= 4 is 27.7 Å². The lowest BCUT2D eigenvalue weighted by atomic mass is 9.82. The first-order chi connectivity index (χ1) is 20.4. The molecule has 42 heavy (non-hydrogen) atoms. The predicted molar refractivity (Wildman–Crippen MR) is 159 cm³/mol. The molecule has 9 heteroatoms. The summed E-state index contributed by atoms with van der Waals surface area (Å²) < 4.78 is 41.3. The Kier molecular flexibility index (Phi) is 9.29. The first-order valence-corrected chi connectivity index (χ1v) is 14.3. The Morgan fingerprint density at radius 3 is 2.45 bits per heavy atom. The zero-order valence-corrected chi connectivity index (χ0v) is 24.2. The van der Waals surface area contributed by atoms with Crippen molar-refractivity contribution in [1.29, 1.82) is 0 Å². The van der Waals surface area contributed by atoms with Gasteiger partial charge < -0.3 is 19.9 Å². The lowest BCUT2D eigenvalue weighted by molar-refractivity contribution is -0.129. The zero-order chi connectivity index (χ0) is 29.5. The molecule has 0 aromatic heterocycles. The maximum absolute atomic E-state index is 14.4. The summed E-state index contributed by atoms with van der Waals surface area (Å²) >= 11 is 3.60. The van der Waals surface area contributed by atoms with Crippen LogP contribution in [0, 0.1) is 11.6 Å². The first kappa shape index (κ1) is 29.4. The van der Waals surface area contributed by atoms with Gasteiger partial charge in [-0.2, -0.15) is 0 Å². The van der Waals surface area contributed by atoms with E-state index >= 15 is 0 Å². The molecule has 1 amide bonds. The number of carbonyl (C=O) groups is 1. The van der Waals surface area contributed by atoms with Crippen molar-refractivity contribution in [2.24, 2.45) is 4.99 Å². The molecule has 4 aromatic rings. The van der Waals surface area contributed by atoms with Gasteiger partial charge in [-0.05, 0) is 59.7 Å². The number of benzene rings is 4. The van der Waals surface area contributed by atoms with Crippen molar-refractivity contribution in [2.75, 3.05) is 13.2 Å². The lowest BCUT2D eigenvalue weighted by Crippen LogP contribution is -2.49. The highest BCUT2D eigenvalue weighted by Gasteiger charge is 2.53. The summed E-state index contributed by atoms with van der Waals surface area (Å²) in [5.41, 5.74) is 0.741. The molecule has 1 aliphatic heterocycles. The van der Waals surface area contributed by atoms with Gasteiger partial charge in [0.2, 0.25) is 5.90 Å². The van der Waals surface area contributed by atoms with Crippen LogP contribution in [0.15, 0.2) is 107 Å². The number of nitrogens with zero attached hydrogens (tertiary/aromatic N) is 1. The van der Waals surface area contributed by atoms with Crippen LogP contribution in [0.2, 0.25) is 0 Å². The van der Waals surface area contributed by atoms with Crippen LogP contribution in [-0.2, 0) is 22.5 Å². The number of hydrogen-bond acceptors (Lipinski definition) is 5. The summed E-state index contributed by atoms with van der Waals surface area (Å²) in [6.45, 7) is 0.189. The fourth-order valence-corrected chi connectivity index (χ4v) is 5.27. The molecule has 5 rings (SSSR count). The van der Waals surface area contributed by atoms with E-state index in [4.69, 9.17) is 19.6 Å². The van der Waals surface area contributed by atoms with Gasteiger partial charge in [0.25, 0.3) is 5.91 Å². The Bertz CT molecular complexity index is 1570. The van der Waals surface area contributed by atoms with Gasteiger partial charge in [-0.3, -0.25) is 4.79 Å². The monoisotopic (exact) mass is 634 g/mol. The third kappa shape index (κ3) is 6.53. The number of aliphatic hydroxyl groups is 1. The molecule has 0 spiro atoms. The number of hydrogen-bond donors (Lipinski definition) is 2. The number of halogens is 3. The Balaban J connectivity index is 1.56. The van der Waals surface area contributed by atoms with Crippen LogP contribution in [0.5, 0.6) is 5.75 Å². The summed E-state index contributed by atoms with van der Waals surface area (Å²) in [5.74, 6) is -0.817. The summed E-state index contributed by atoms with van der Waals surface area (Å²) in [6, 6.07) is 27.1. The van der Waals surface area contributed by atoms with Crippen molar-refractivity contribution in [1.82, 2.24) is 5.32 Å². The normalized spacial score (nSPS) is 17.8. The van der Waals surface area contributed by atoms with E-state index < -0.39 is 29.2 Å². The topological polar surface area (TPSA) is 80.2 Å². The quantitative estimate of drug-likeness (QED) is 0.190. The zero-order valence-electron chi connectivity index (χ0n) is 22.6. The number of rotatable bonds is 11. The number of ether oxygens (including phenoxy) is 2. The third-order valence-corrected chi connectivity index (χ3v) is 7.77. The highest BCUT2D eigenvalue weighted by Crippen LogP contribution is 2.43. The fourth-order valence-electron chi connectivity index (χ4n) is 4.85. The van der Waals surface area contributed by atoms with Gasteiger partial charge in [0, 0.05) is 41.6 Å². The van der Waals surface area contributed by atoms with Crippen molar-refractivity contribution in [3.8, 4) is 5.75 Å². The van der Waals surface area contributed by atoms with Crippen LogP contribution in [0.1, 0.15) is 34.8 Å². The minimum atomic E-state index is -1.49. The van der Waals surface area contributed by atoms with E-state index in [0.29, 0.717) is 24.3 Å². The molecule has 6 nitrogen and oxygen atoms in total. The SMILES string of the molecule is O=C(NCc1cc(F)ccc1F)[C@]1(Cc2ccccc2Br)N=C(c2ccc(OCCCO)cc2)O[C@@H]1c1ccccc1. The van der Waals surface area contributed by atoms with Crippen LogP contribution in [0.3, 0.4) is 0 Å². The fraction of sp³-hybridized carbons (Fsp3) is 0.212. The summed E-state index contributed by atoms with van der Waals surface area (Å²) in [4.78, 5) is 19.2. The summed E-state index contributed by atoms with van der Waals surface area (Å²) in [7, 11) is 0.